The van der Waals surface area contributed by atoms with E-state index >= 15 is 0 Å². The maximum Gasteiger partial charge on any atom is 0.325 e. The second kappa shape index (κ2) is 6.27. The summed E-state index contributed by atoms with van der Waals surface area (Å²) in [5.41, 5.74) is -0.779. The van der Waals surface area contributed by atoms with Crippen molar-refractivity contribution in [1.82, 2.24) is 29.9 Å². The molecule has 2 aliphatic rings. The lowest BCUT2D eigenvalue weighted by Gasteiger charge is -2.39. The van der Waals surface area contributed by atoms with Crippen LogP contribution in [0.2, 0.25) is 0 Å². The number of carbonyl (C=O) groups excluding carboxylic acids is 2. The molecule has 0 bridgehead atoms. The molecule has 3 rings (SSSR count). The van der Waals surface area contributed by atoms with E-state index in [4.69, 9.17) is 0 Å². The first kappa shape index (κ1) is 15.9. The van der Waals surface area contributed by atoms with Crippen LogP contribution in [0.25, 0.3) is 0 Å². The van der Waals surface area contributed by atoms with Crippen molar-refractivity contribution >= 4 is 11.9 Å². The second-order valence-corrected chi connectivity index (χ2v) is 6.48. The highest BCUT2D eigenvalue weighted by Crippen LogP contribution is 2.32. The Morgan fingerprint density at radius 3 is 2.87 bits per heavy atom. The van der Waals surface area contributed by atoms with Crippen molar-refractivity contribution in [1.29, 1.82) is 0 Å². The molecular weight excluding hydrogens is 296 g/mol. The van der Waals surface area contributed by atoms with E-state index in [1.165, 1.54) is 11.2 Å². The van der Waals surface area contributed by atoms with Crippen molar-refractivity contribution in [2.75, 3.05) is 26.2 Å². The van der Waals surface area contributed by atoms with E-state index in [2.05, 4.69) is 20.3 Å². The summed E-state index contributed by atoms with van der Waals surface area (Å²) in [7, 11) is 0. The summed E-state index contributed by atoms with van der Waals surface area (Å²) in [5.74, 6) is 0.0492. The first-order chi connectivity index (χ1) is 11.0. The van der Waals surface area contributed by atoms with Crippen LogP contribution in [0.4, 0.5) is 4.79 Å². The number of piperidine rings is 1. The van der Waals surface area contributed by atoms with Crippen molar-refractivity contribution in [3.63, 3.8) is 0 Å². The smallest absolute Gasteiger partial charge is 0.323 e. The lowest BCUT2D eigenvalue weighted by molar-refractivity contribution is -0.133. The highest BCUT2D eigenvalue weighted by atomic mass is 16.2. The average Bonchev–Trinajstić information content (AvgIpc) is 3.14. The van der Waals surface area contributed by atoms with Gasteiger partial charge in [-0.15, -0.1) is 0 Å². The largest absolute Gasteiger partial charge is 0.325 e. The molecule has 126 valence electrons. The molecule has 1 N–H and O–H groups in total. The summed E-state index contributed by atoms with van der Waals surface area (Å²) in [6.45, 7) is 7.60. The predicted octanol–water partition coefficient (Wildman–Crippen LogP) is 0.320. The molecule has 1 aromatic heterocycles. The monoisotopic (exact) mass is 320 g/mol. The minimum Gasteiger partial charge on any atom is -0.323 e. The van der Waals surface area contributed by atoms with E-state index in [0.717, 1.165) is 39.0 Å². The van der Waals surface area contributed by atoms with Gasteiger partial charge in [0.2, 0.25) is 0 Å². The third kappa shape index (κ3) is 2.95. The Morgan fingerprint density at radius 2 is 2.22 bits per heavy atom. The molecule has 0 saturated carbocycles. The fourth-order valence-electron chi connectivity index (χ4n) is 3.60. The molecule has 2 saturated heterocycles. The van der Waals surface area contributed by atoms with Gasteiger partial charge in [-0.3, -0.25) is 14.4 Å². The van der Waals surface area contributed by atoms with Gasteiger partial charge in [-0.25, -0.2) is 9.78 Å². The van der Waals surface area contributed by atoms with E-state index in [9.17, 15) is 9.59 Å². The third-order valence-electron chi connectivity index (χ3n) is 5.05. The Balaban J connectivity index is 1.64. The van der Waals surface area contributed by atoms with Crippen molar-refractivity contribution in [3.8, 4) is 0 Å². The molecular formula is C15H24N6O2. The Labute approximate surface area is 135 Å². The lowest BCUT2D eigenvalue weighted by Crippen LogP contribution is -2.56. The Kier molecular flexibility index (Phi) is 4.34. The highest BCUT2D eigenvalue weighted by Gasteiger charge is 2.52. The van der Waals surface area contributed by atoms with Crippen LogP contribution in [0.3, 0.4) is 0 Å². The van der Waals surface area contributed by atoms with Gasteiger partial charge in [0.1, 0.15) is 18.2 Å². The molecule has 2 atom stereocenters. The Hall–Kier alpha value is -1.96. The number of nitrogens with zero attached hydrogens (tertiary/aromatic N) is 5. The van der Waals surface area contributed by atoms with Gasteiger partial charge >= 0.3 is 6.03 Å². The quantitative estimate of drug-likeness (QED) is 0.790. The standard InChI is InChI=1S/C15H24N6O2/c1-3-21-13(22)15(2,18-14(21)23)12-5-4-6-19(9-12)7-8-20-11-16-10-17-20/h10-12H,3-9H2,1-2H3,(H,18,23)/t12-,15+/m1/s1. The molecule has 0 unspecified atom stereocenters. The van der Waals surface area contributed by atoms with Crippen LogP contribution in [0.1, 0.15) is 26.7 Å². The van der Waals surface area contributed by atoms with Gasteiger partial charge in [0, 0.05) is 25.6 Å². The molecule has 0 aliphatic carbocycles. The van der Waals surface area contributed by atoms with Crippen LogP contribution in [0.5, 0.6) is 0 Å². The van der Waals surface area contributed by atoms with Gasteiger partial charge in [-0.2, -0.15) is 5.10 Å². The molecule has 23 heavy (non-hydrogen) atoms. The van der Waals surface area contributed by atoms with Crippen LogP contribution in [-0.4, -0.2) is 68.2 Å². The van der Waals surface area contributed by atoms with Gasteiger partial charge in [0.05, 0.1) is 6.54 Å². The van der Waals surface area contributed by atoms with Gasteiger partial charge in [-0.1, -0.05) is 0 Å². The minimum absolute atomic E-state index is 0.0897. The fourth-order valence-corrected chi connectivity index (χ4v) is 3.60. The lowest BCUT2D eigenvalue weighted by atomic mass is 9.80. The normalized spacial score (nSPS) is 29.1. The number of urea groups is 1. The average molecular weight is 320 g/mol. The summed E-state index contributed by atoms with van der Waals surface area (Å²) in [6.07, 6.45) is 5.24. The summed E-state index contributed by atoms with van der Waals surface area (Å²) < 4.78 is 1.81. The number of likely N-dealkylation sites (N-methyl/N-ethyl adjacent to an activating group) is 1. The van der Waals surface area contributed by atoms with Crippen LogP contribution < -0.4 is 5.32 Å². The first-order valence-electron chi connectivity index (χ1n) is 8.23. The van der Waals surface area contributed by atoms with E-state index in [1.54, 1.807) is 6.33 Å². The van der Waals surface area contributed by atoms with E-state index in [-0.39, 0.29) is 17.9 Å². The Bertz CT molecular complexity index is 575. The van der Waals surface area contributed by atoms with Crippen LogP contribution in [0.15, 0.2) is 12.7 Å². The van der Waals surface area contributed by atoms with Gasteiger partial charge in [0.25, 0.3) is 5.91 Å². The van der Waals surface area contributed by atoms with E-state index < -0.39 is 5.54 Å². The van der Waals surface area contributed by atoms with Crippen molar-refractivity contribution < 1.29 is 9.59 Å². The number of aromatic nitrogens is 3. The van der Waals surface area contributed by atoms with Gasteiger partial charge in [0.15, 0.2) is 0 Å². The van der Waals surface area contributed by atoms with E-state index in [0.29, 0.717) is 6.54 Å². The van der Waals surface area contributed by atoms with Crippen molar-refractivity contribution in [3.05, 3.63) is 12.7 Å². The minimum atomic E-state index is -0.779. The van der Waals surface area contributed by atoms with E-state index in [1.807, 2.05) is 18.5 Å². The molecule has 8 nitrogen and oxygen atoms in total. The number of likely N-dealkylation sites (tertiary alicyclic amines) is 1. The zero-order valence-corrected chi connectivity index (χ0v) is 13.7. The van der Waals surface area contributed by atoms with Crippen LogP contribution in [-0.2, 0) is 11.3 Å². The maximum atomic E-state index is 12.6. The summed E-state index contributed by atoms with van der Waals surface area (Å²) >= 11 is 0. The summed E-state index contributed by atoms with van der Waals surface area (Å²) in [6, 6.07) is -0.264. The molecule has 3 heterocycles. The van der Waals surface area contributed by atoms with Gasteiger partial charge in [-0.05, 0) is 33.2 Å². The summed E-state index contributed by atoms with van der Waals surface area (Å²) in [4.78, 5) is 32.2. The number of nitrogens with one attached hydrogen (secondary N) is 1. The van der Waals surface area contributed by atoms with Crippen molar-refractivity contribution in [2.24, 2.45) is 5.92 Å². The molecule has 0 aromatic carbocycles. The topological polar surface area (TPSA) is 83.4 Å². The first-order valence-corrected chi connectivity index (χ1v) is 8.23. The number of rotatable bonds is 5. The number of carbonyl (C=O) groups is 2. The van der Waals surface area contributed by atoms with Crippen LogP contribution in [0, 0.1) is 5.92 Å². The zero-order valence-electron chi connectivity index (χ0n) is 13.7. The number of hydrogen-bond donors (Lipinski definition) is 1. The molecule has 3 amide bonds. The summed E-state index contributed by atoms with van der Waals surface area (Å²) in [5, 5.41) is 7.04. The molecule has 0 spiro atoms. The Morgan fingerprint density at radius 1 is 1.39 bits per heavy atom. The zero-order chi connectivity index (χ0) is 16.4. The molecule has 2 aliphatic heterocycles. The highest BCUT2D eigenvalue weighted by molar-refractivity contribution is 6.07. The third-order valence-corrected chi connectivity index (χ3v) is 5.05. The molecule has 0 radical (unpaired) electrons. The second-order valence-electron chi connectivity index (χ2n) is 6.48. The molecule has 1 aromatic rings. The fraction of sp³-hybridized carbons (Fsp3) is 0.733. The number of amides is 3. The van der Waals surface area contributed by atoms with Crippen molar-refractivity contribution in [2.45, 2.75) is 38.8 Å². The molecule has 2 fully saturated rings. The number of hydrogen-bond acceptors (Lipinski definition) is 5. The van der Waals surface area contributed by atoms with Gasteiger partial charge < -0.3 is 10.2 Å². The number of imide groups is 1. The molecule has 8 heteroatoms. The SMILES string of the molecule is CCN1C(=O)N[C@@](C)([C@@H]2CCCN(CCn3cncn3)C2)C1=O. The maximum absolute atomic E-state index is 12.6. The predicted molar refractivity (Wildman–Crippen MR) is 83.5 cm³/mol. The van der Waals surface area contributed by atoms with Crippen LogP contribution >= 0.6 is 0 Å².